The molecule has 1 aliphatic rings. The molecule has 4 rings (SSSR count). The molecule has 0 aromatic heterocycles. The average molecular weight is 525 g/mol. The van der Waals surface area contributed by atoms with Gasteiger partial charge >= 0.3 is 5.97 Å². The third kappa shape index (κ3) is 5.99. The highest BCUT2D eigenvalue weighted by Gasteiger charge is 2.24. The minimum Gasteiger partial charge on any atom is -0.497 e. The zero-order chi connectivity index (χ0) is 25.7. The molecule has 1 aliphatic heterocycles. The third-order valence-corrected chi connectivity index (χ3v) is 6.36. The van der Waals surface area contributed by atoms with Crippen molar-refractivity contribution in [2.75, 3.05) is 14.2 Å². The number of ether oxygens (including phenoxy) is 3. The summed E-state index contributed by atoms with van der Waals surface area (Å²) in [5.41, 5.74) is 1.97. The molecule has 0 radical (unpaired) electrons. The maximum Gasteiger partial charge on any atom is 0.337 e. The number of aliphatic imine (C=N–C) groups is 1. The van der Waals surface area contributed by atoms with E-state index in [-0.39, 0.29) is 16.5 Å². The number of amidine groups is 1. The topological polar surface area (TPSA) is 106 Å². The molecule has 36 heavy (non-hydrogen) atoms. The molecule has 1 heterocycles. The molecule has 1 amide bonds. The van der Waals surface area contributed by atoms with Crippen molar-refractivity contribution < 1.29 is 28.9 Å². The molecular weight excluding hydrogens is 504 g/mol. The maximum atomic E-state index is 12.4. The lowest BCUT2D eigenvalue weighted by molar-refractivity contribution is -0.115. The predicted octanol–water partition coefficient (Wildman–Crippen LogP) is 5.53. The number of carbonyl (C=O) groups is 2. The fraction of sp³-hybridized carbons (Fsp3) is 0.115. The van der Waals surface area contributed by atoms with Crippen LogP contribution in [0.15, 0.2) is 70.6 Å². The first-order valence-electron chi connectivity index (χ1n) is 10.6. The molecule has 0 saturated carbocycles. The van der Waals surface area contributed by atoms with Gasteiger partial charge in [-0.05, 0) is 71.9 Å². The number of nitrogens with one attached hydrogen (secondary N) is 1. The number of rotatable bonds is 8. The molecule has 1 fully saturated rings. The van der Waals surface area contributed by atoms with Crippen LogP contribution in [0.1, 0.15) is 21.5 Å². The smallest absolute Gasteiger partial charge is 0.337 e. The lowest BCUT2D eigenvalue weighted by Gasteiger charge is -2.12. The van der Waals surface area contributed by atoms with E-state index in [9.17, 15) is 14.7 Å². The second-order valence-corrected chi connectivity index (χ2v) is 8.92. The summed E-state index contributed by atoms with van der Waals surface area (Å²) in [7, 11) is 3.20. The molecule has 0 bridgehead atoms. The van der Waals surface area contributed by atoms with E-state index in [0.29, 0.717) is 39.6 Å². The van der Waals surface area contributed by atoms with Gasteiger partial charge in [0, 0.05) is 5.56 Å². The first-order chi connectivity index (χ1) is 17.4. The summed E-state index contributed by atoms with van der Waals surface area (Å²) in [6.45, 7) is 0.299. The van der Waals surface area contributed by atoms with Gasteiger partial charge in [-0.3, -0.25) is 4.79 Å². The fourth-order valence-corrected chi connectivity index (χ4v) is 4.35. The van der Waals surface area contributed by atoms with E-state index >= 15 is 0 Å². The van der Waals surface area contributed by atoms with Crippen molar-refractivity contribution in [3.8, 4) is 17.2 Å². The Labute approximate surface area is 216 Å². The molecule has 0 atom stereocenters. The summed E-state index contributed by atoms with van der Waals surface area (Å²) in [4.78, 5) is 28.5. The standard InChI is InChI=1S/C26H21ClN2O6S/c1-33-19-8-10-22(34-2)16(12-19)14-35-18-6-3-15(4-7-18)11-23-24(30)29-26(36-23)28-17-5-9-21(27)20(13-17)25(31)32/h3-13H,14H2,1-2H3,(H,31,32)(H,28,29,30)/b23-11-. The number of nitrogens with zero attached hydrogens (tertiary/aromatic N) is 1. The molecule has 2 N–H and O–H groups in total. The summed E-state index contributed by atoms with van der Waals surface area (Å²) >= 11 is 7.06. The number of carboxylic acid groups (broad SMARTS) is 1. The van der Waals surface area contributed by atoms with Crippen molar-refractivity contribution in [1.82, 2.24) is 5.32 Å². The van der Waals surface area contributed by atoms with Crippen molar-refractivity contribution in [1.29, 1.82) is 0 Å². The monoisotopic (exact) mass is 524 g/mol. The molecule has 0 unspecified atom stereocenters. The molecular formula is C26H21ClN2O6S. The Morgan fingerprint density at radius 3 is 2.50 bits per heavy atom. The highest BCUT2D eigenvalue weighted by Crippen LogP contribution is 2.30. The Balaban J connectivity index is 1.43. The molecule has 0 spiro atoms. The first-order valence-corrected chi connectivity index (χ1v) is 11.8. The van der Waals surface area contributed by atoms with Gasteiger partial charge in [0.25, 0.3) is 5.91 Å². The zero-order valence-corrected chi connectivity index (χ0v) is 20.9. The number of carbonyl (C=O) groups excluding carboxylic acids is 1. The highest BCUT2D eigenvalue weighted by molar-refractivity contribution is 8.18. The number of amides is 1. The van der Waals surface area contributed by atoms with Gasteiger partial charge in [0.2, 0.25) is 0 Å². The van der Waals surface area contributed by atoms with Gasteiger partial charge in [-0.1, -0.05) is 23.7 Å². The average Bonchev–Trinajstić information content (AvgIpc) is 3.22. The van der Waals surface area contributed by atoms with Gasteiger partial charge in [0.05, 0.1) is 35.4 Å². The molecule has 3 aromatic carbocycles. The van der Waals surface area contributed by atoms with E-state index in [1.165, 1.54) is 12.1 Å². The van der Waals surface area contributed by atoms with Crippen LogP contribution in [0, 0.1) is 0 Å². The van der Waals surface area contributed by atoms with Crippen LogP contribution in [0.25, 0.3) is 6.08 Å². The van der Waals surface area contributed by atoms with E-state index in [4.69, 9.17) is 25.8 Å². The van der Waals surface area contributed by atoms with E-state index in [1.807, 2.05) is 42.5 Å². The van der Waals surface area contributed by atoms with E-state index < -0.39 is 5.97 Å². The van der Waals surface area contributed by atoms with Gasteiger partial charge in [-0.2, -0.15) is 0 Å². The number of hydrogen-bond donors (Lipinski definition) is 2. The van der Waals surface area contributed by atoms with Crippen molar-refractivity contribution in [2.45, 2.75) is 6.61 Å². The van der Waals surface area contributed by atoms with Crippen molar-refractivity contribution in [3.63, 3.8) is 0 Å². The Bertz CT molecular complexity index is 1370. The van der Waals surface area contributed by atoms with Crippen LogP contribution in [0.2, 0.25) is 5.02 Å². The Morgan fingerprint density at radius 2 is 1.81 bits per heavy atom. The minimum atomic E-state index is -1.15. The van der Waals surface area contributed by atoms with Crippen LogP contribution in [0.4, 0.5) is 5.69 Å². The molecule has 0 aliphatic carbocycles. The Kier molecular flexibility index (Phi) is 7.82. The van der Waals surface area contributed by atoms with Gasteiger partial charge in [0.1, 0.15) is 23.9 Å². The highest BCUT2D eigenvalue weighted by atomic mass is 35.5. The second kappa shape index (κ2) is 11.2. The fourth-order valence-electron chi connectivity index (χ4n) is 3.31. The lowest BCUT2D eigenvalue weighted by Crippen LogP contribution is -2.19. The minimum absolute atomic E-state index is 0.0595. The van der Waals surface area contributed by atoms with Crippen molar-refractivity contribution in [3.05, 3.63) is 87.3 Å². The van der Waals surface area contributed by atoms with Crippen LogP contribution >= 0.6 is 23.4 Å². The van der Waals surface area contributed by atoms with Crippen LogP contribution in [0.5, 0.6) is 17.2 Å². The van der Waals surface area contributed by atoms with E-state index in [1.54, 1.807) is 26.4 Å². The van der Waals surface area contributed by atoms with Crippen LogP contribution in [-0.4, -0.2) is 36.4 Å². The summed E-state index contributed by atoms with van der Waals surface area (Å²) in [5, 5.41) is 12.4. The molecule has 1 saturated heterocycles. The number of benzene rings is 3. The number of methoxy groups -OCH3 is 2. The quantitative estimate of drug-likeness (QED) is 0.373. The summed E-state index contributed by atoms with van der Waals surface area (Å²) in [5.74, 6) is 0.629. The van der Waals surface area contributed by atoms with Gasteiger partial charge in [-0.25, -0.2) is 9.79 Å². The molecule has 10 heteroatoms. The SMILES string of the molecule is COc1ccc(OC)c(COc2ccc(/C=C3\SC(=Nc4ccc(Cl)c(C(=O)O)c4)NC3=O)cc2)c1. The number of aromatic carboxylic acids is 1. The number of carboxylic acids is 1. The van der Waals surface area contributed by atoms with Gasteiger partial charge < -0.3 is 24.6 Å². The maximum absolute atomic E-state index is 12.4. The van der Waals surface area contributed by atoms with Gasteiger partial charge in [-0.15, -0.1) is 0 Å². The second-order valence-electron chi connectivity index (χ2n) is 7.49. The first kappa shape index (κ1) is 25.2. The van der Waals surface area contributed by atoms with Crippen molar-refractivity contribution in [2.24, 2.45) is 4.99 Å². The third-order valence-electron chi connectivity index (χ3n) is 5.12. The normalized spacial score (nSPS) is 15.1. The summed E-state index contributed by atoms with van der Waals surface area (Å²) < 4.78 is 16.5. The van der Waals surface area contributed by atoms with Crippen LogP contribution in [0.3, 0.4) is 0 Å². The number of thioether (sulfide) groups is 1. The summed E-state index contributed by atoms with van der Waals surface area (Å²) in [6, 6.07) is 17.2. The van der Waals surface area contributed by atoms with E-state index in [0.717, 1.165) is 22.9 Å². The van der Waals surface area contributed by atoms with Gasteiger partial charge in [0.15, 0.2) is 5.17 Å². The molecule has 8 nitrogen and oxygen atoms in total. The van der Waals surface area contributed by atoms with Crippen LogP contribution in [-0.2, 0) is 11.4 Å². The number of hydrogen-bond acceptors (Lipinski definition) is 7. The molecule has 3 aromatic rings. The zero-order valence-electron chi connectivity index (χ0n) is 19.3. The lowest BCUT2D eigenvalue weighted by atomic mass is 10.2. The largest absolute Gasteiger partial charge is 0.497 e. The van der Waals surface area contributed by atoms with E-state index in [2.05, 4.69) is 10.3 Å². The number of halogens is 1. The van der Waals surface area contributed by atoms with Crippen molar-refractivity contribution >= 4 is 52.2 Å². The summed E-state index contributed by atoms with van der Waals surface area (Å²) in [6.07, 6.45) is 1.74. The van der Waals surface area contributed by atoms with Crippen LogP contribution < -0.4 is 19.5 Å². The Hall–Kier alpha value is -3.95. The Morgan fingerprint density at radius 1 is 1.06 bits per heavy atom. The predicted molar refractivity (Wildman–Crippen MR) is 140 cm³/mol. The molecule has 184 valence electrons.